The number of rotatable bonds is 8. The Morgan fingerprint density at radius 3 is 1.53 bits per heavy atom. The molecule has 0 atom stereocenters. The maximum atomic E-state index is 12.5. The van der Waals surface area contributed by atoms with Gasteiger partial charge in [-0.1, -0.05) is 36.4 Å². The highest BCUT2D eigenvalue weighted by Gasteiger charge is 2.12. The second kappa shape index (κ2) is 13.2. The van der Waals surface area contributed by atoms with E-state index >= 15 is 0 Å². The number of nitrogens with zero attached hydrogens (tertiary/aromatic N) is 2. The van der Waals surface area contributed by atoms with E-state index in [1.807, 2.05) is 12.1 Å². The van der Waals surface area contributed by atoms with Gasteiger partial charge in [0.15, 0.2) is 0 Å². The molecule has 8 nitrogen and oxygen atoms in total. The standard InChI is InChI=1S/C28H20Br2N4O4/c29-23-11-17(4-6-25(23)35)9-21(13-31)27(37)33-15-19-2-1-3-20(8-19)16-34-28(38)22(14-32)10-18-5-7-26(36)24(30)12-18/h1-12,35-36H,15-16H2,(H,33,37)(H,34,38)/b21-9-,22-10-. The van der Waals surface area contributed by atoms with Crippen molar-refractivity contribution in [3.05, 3.63) is 103 Å². The predicted octanol–water partition coefficient (Wildman–Crippen LogP) is 5.07. The highest BCUT2D eigenvalue weighted by molar-refractivity contribution is 9.10. The summed E-state index contributed by atoms with van der Waals surface area (Å²) in [4.78, 5) is 25.1. The van der Waals surface area contributed by atoms with E-state index < -0.39 is 11.8 Å². The lowest BCUT2D eigenvalue weighted by Gasteiger charge is -2.09. The summed E-state index contributed by atoms with van der Waals surface area (Å²) in [6.45, 7) is 0.302. The monoisotopic (exact) mass is 634 g/mol. The summed E-state index contributed by atoms with van der Waals surface area (Å²) in [7, 11) is 0. The van der Waals surface area contributed by atoms with E-state index in [9.17, 15) is 30.3 Å². The molecular formula is C28H20Br2N4O4. The second-order valence-electron chi connectivity index (χ2n) is 7.95. The van der Waals surface area contributed by atoms with Crippen LogP contribution in [0.25, 0.3) is 12.2 Å². The SMILES string of the molecule is N#C/C(=C/c1ccc(O)c(Br)c1)C(=O)NCc1cccc(CNC(=O)/C(C#N)=C\c2ccc(O)c(Br)c2)c1. The fourth-order valence-electron chi connectivity index (χ4n) is 3.26. The lowest BCUT2D eigenvalue weighted by atomic mass is 10.1. The molecule has 3 rings (SSSR count). The largest absolute Gasteiger partial charge is 0.507 e. The fraction of sp³-hybridized carbons (Fsp3) is 0.0714. The minimum Gasteiger partial charge on any atom is -0.507 e. The Labute approximate surface area is 235 Å². The zero-order valence-electron chi connectivity index (χ0n) is 19.7. The molecule has 0 radical (unpaired) electrons. The van der Waals surface area contributed by atoms with E-state index in [1.165, 1.54) is 24.3 Å². The molecule has 3 aromatic rings. The Morgan fingerprint density at radius 1 is 0.737 bits per heavy atom. The van der Waals surface area contributed by atoms with E-state index in [4.69, 9.17) is 0 Å². The molecular weight excluding hydrogens is 616 g/mol. The maximum Gasteiger partial charge on any atom is 0.262 e. The van der Waals surface area contributed by atoms with Gasteiger partial charge in [0.2, 0.25) is 0 Å². The summed E-state index contributed by atoms with van der Waals surface area (Å²) in [6.07, 6.45) is 2.84. The van der Waals surface area contributed by atoms with Crippen LogP contribution in [0.2, 0.25) is 0 Å². The molecule has 0 saturated carbocycles. The van der Waals surface area contributed by atoms with Crippen LogP contribution in [0.3, 0.4) is 0 Å². The van der Waals surface area contributed by atoms with Crippen LogP contribution < -0.4 is 10.6 Å². The van der Waals surface area contributed by atoms with Gasteiger partial charge in [-0.3, -0.25) is 9.59 Å². The number of amides is 2. The van der Waals surface area contributed by atoms with Crippen molar-refractivity contribution >= 4 is 55.8 Å². The third kappa shape index (κ3) is 7.81. The molecule has 190 valence electrons. The fourth-order valence-corrected chi connectivity index (χ4v) is 4.05. The summed E-state index contributed by atoms with van der Waals surface area (Å²) in [5, 5.41) is 43.4. The van der Waals surface area contributed by atoms with Gasteiger partial charge in [-0.05, 0) is 90.5 Å². The van der Waals surface area contributed by atoms with E-state index in [0.29, 0.717) is 20.1 Å². The minimum atomic E-state index is -0.555. The van der Waals surface area contributed by atoms with E-state index in [2.05, 4.69) is 42.5 Å². The lowest BCUT2D eigenvalue weighted by molar-refractivity contribution is -0.118. The van der Waals surface area contributed by atoms with Crippen molar-refractivity contribution in [3.63, 3.8) is 0 Å². The first kappa shape index (κ1) is 28.2. The molecule has 0 aliphatic heterocycles. The molecule has 0 aliphatic carbocycles. The third-order valence-electron chi connectivity index (χ3n) is 5.19. The number of aromatic hydroxyl groups is 2. The average Bonchev–Trinajstić information content (AvgIpc) is 2.91. The number of carbonyl (C=O) groups excluding carboxylic acids is 2. The minimum absolute atomic E-state index is 0.0478. The summed E-state index contributed by atoms with van der Waals surface area (Å²) in [5.74, 6) is -1.02. The van der Waals surface area contributed by atoms with E-state index in [0.717, 1.165) is 11.1 Å². The Balaban J connectivity index is 1.61. The highest BCUT2D eigenvalue weighted by atomic mass is 79.9. The van der Waals surface area contributed by atoms with Gasteiger partial charge in [0, 0.05) is 13.1 Å². The molecule has 2 amide bonds. The first-order valence-electron chi connectivity index (χ1n) is 11.0. The Morgan fingerprint density at radius 2 is 1.16 bits per heavy atom. The smallest absolute Gasteiger partial charge is 0.262 e. The summed E-state index contributed by atoms with van der Waals surface area (Å²) >= 11 is 6.40. The molecule has 0 saturated heterocycles. The summed E-state index contributed by atoms with van der Waals surface area (Å²) in [6, 6.07) is 20.2. The first-order chi connectivity index (χ1) is 18.2. The zero-order valence-corrected chi connectivity index (χ0v) is 22.9. The van der Waals surface area contributed by atoms with Crippen molar-refractivity contribution in [2.75, 3.05) is 0 Å². The van der Waals surface area contributed by atoms with Gasteiger partial charge in [-0.15, -0.1) is 0 Å². The van der Waals surface area contributed by atoms with E-state index in [1.54, 1.807) is 48.5 Å². The Kier molecular flexibility index (Phi) is 9.83. The molecule has 0 aliphatic rings. The van der Waals surface area contributed by atoms with Gasteiger partial charge in [0.05, 0.1) is 8.95 Å². The molecule has 0 aromatic heterocycles. The second-order valence-corrected chi connectivity index (χ2v) is 9.66. The van der Waals surface area contributed by atoms with Crippen LogP contribution in [-0.4, -0.2) is 22.0 Å². The number of benzene rings is 3. The zero-order chi connectivity index (χ0) is 27.7. The van der Waals surface area contributed by atoms with Crippen molar-refractivity contribution in [1.82, 2.24) is 10.6 Å². The van der Waals surface area contributed by atoms with Crippen molar-refractivity contribution in [2.24, 2.45) is 0 Å². The van der Waals surface area contributed by atoms with Crippen molar-refractivity contribution in [2.45, 2.75) is 13.1 Å². The molecule has 10 heteroatoms. The number of nitrogens with one attached hydrogen (secondary N) is 2. The molecule has 38 heavy (non-hydrogen) atoms. The van der Waals surface area contributed by atoms with Crippen LogP contribution in [0, 0.1) is 22.7 Å². The van der Waals surface area contributed by atoms with Crippen LogP contribution in [0.15, 0.2) is 80.8 Å². The molecule has 0 spiro atoms. The third-order valence-corrected chi connectivity index (χ3v) is 6.46. The predicted molar refractivity (Wildman–Crippen MR) is 149 cm³/mol. The van der Waals surface area contributed by atoms with Crippen LogP contribution >= 0.6 is 31.9 Å². The van der Waals surface area contributed by atoms with Crippen molar-refractivity contribution in [1.29, 1.82) is 10.5 Å². The topological polar surface area (TPSA) is 146 Å². The molecule has 0 bridgehead atoms. The van der Waals surface area contributed by atoms with Gasteiger partial charge in [-0.25, -0.2) is 0 Å². The van der Waals surface area contributed by atoms with Crippen LogP contribution in [0.1, 0.15) is 22.3 Å². The van der Waals surface area contributed by atoms with Crippen LogP contribution in [-0.2, 0) is 22.7 Å². The van der Waals surface area contributed by atoms with Crippen molar-refractivity contribution < 1.29 is 19.8 Å². The van der Waals surface area contributed by atoms with Gasteiger partial charge < -0.3 is 20.8 Å². The lowest BCUT2D eigenvalue weighted by Crippen LogP contribution is -2.25. The van der Waals surface area contributed by atoms with Crippen LogP contribution in [0.4, 0.5) is 0 Å². The Hall–Kier alpha value is -4.38. The molecule has 0 fully saturated rings. The number of halogens is 2. The van der Waals surface area contributed by atoms with Gasteiger partial charge in [-0.2, -0.15) is 10.5 Å². The van der Waals surface area contributed by atoms with Gasteiger partial charge in [0.25, 0.3) is 11.8 Å². The first-order valence-corrected chi connectivity index (χ1v) is 12.6. The summed E-state index contributed by atoms with van der Waals surface area (Å²) < 4.78 is 0.886. The quantitative estimate of drug-likeness (QED) is 0.201. The number of nitriles is 2. The maximum absolute atomic E-state index is 12.5. The Bertz CT molecular complexity index is 1420. The molecule has 0 heterocycles. The van der Waals surface area contributed by atoms with Crippen molar-refractivity contribution in [3.8, 4) is 23.6 Å². The average molecular weight is 636 g/mol. The number of phenols is 2. The number of carbonyl (C=O) groups is 2. The number of phenolic OH excluding ortho intramolecular Hbond substituents is 2. The normalized spacial score (nSPS) is 11.3. The molecule has 0 unspecified atom stereocenters. The van der Waals surface area contributed by atoms with E-state index in [-0.39, 0.29) is 35.7 Å². The van der Waals surface area contributed by atoms with Gasteiger partial charge in [0.1, 0.15) is 34.8 Å². The molecule has 3 aromatic carbocycles. The molecule has 4 N–H and O–H groups in total. The summed E-state index contributed by atoms with van der Waals surface area (Å²) in [5.41, 5.74) is 2.45. The van der Waals surface area contributed by atoms with Crippen LogP contribution in [0.5, 0.6) is 11.5 Å². The number of hydrogen-bond acceptors (Lipinski definition) is 6. The highest BCUT2D eigenvalue weighted by Crippen LogP contribution is 2.26. The van der Waals surface area contributed by atoms with Gasteiger partial charge >= 0.3 is 0 Å². The number of hydrogen-bond donors (Lipinski definition) is 4.